The Morgan fingerprint density at radius 3 is 2.78 bits per heavy atom. The molecule has 0 saturated carbocycles. The van der Waals surface area contributed by atoms with Crippen molar-refractivity contribution in [3.05, 3.63) is 35.9 Å². The number of halogens is 1. The van der Waals surface area contributed by atoms with E-state index in [1.807, 2.05) is 30.3 Å². The van der Waals surface area contributed by atoms with Crippen LogP contribution in [0.25, 0.3) is 0 Å². The predicted octanol–water partition coefficient (Wildman–Crippen LogP) is 3.46. The lowest BCUT2D eigenvalue weighted by Crippen LogP contribution is -2.48. The number of carbonyl (C=O) groups excluding carboxylic acids is 1. The first kappa shape index (κ1) is 17.7. The van der Waals surface area contributed by atoms with Crippen LogP contribution in [0.4, 0.5) is 9.18 Å². The number of hydrogen-bond acceptors (Lipinski definition) is 2. The highest BCUT2D eigenvalue weighted by molar-refractivity contribution is 5.72. The van der Waals surface area contributed by atoms with E-state index in [1.54, 1.807) is 12.0 Å². The van der Waals surface area contributed by atoms with E-state index in [9.17, 15) is 4.79 Å². The van der Waals surface area contributed by atoms with Gasteiger partial charge in [0.25, 0.3) is 0 Å². The van der Waals surface area contributed by atoms with Crippen LogP contribution in [0.1, 0.15) is 37.7 Å². The molecule has 1 heterocycles. The third kappa shape index (κ3) is 4.44. The van der Waals surface area contributed by atoms with Crippen LogP contribution in [0.3, 0.4) is 0 Å². The summed E-state index contributed by atoms with van der Waals surface area (Å²) >= 11 is 0. The number of primary amides is 1. The molecule has 5 heteroatoms. The van der Waals surface area contributed by atoms with E-state index in [0.717, 1.165) is 25.7 Å². The molecule has 2 rings (SSSR count). The molecular weight excluding hydrogens is 295 g/mol. The minimum atomic E-state index is -1.43. The molecule has 128 valence electrons. The first-order valence-corrected chi connectivity index (χ1v) is 8.35. The molecule has 0 aromatic heterocycles. The Labute approximate surface area is 137 Å². The van der Waals surface area contributed by atoms with Crippen LogP contribution >= 0.6 is 0 Å². The number of nitrogens with two attached hydrogens (primary N) is 1. The first-order valence-electron chi connectivity index (χ1n) is 8.35. The number of nitrogens with zero attached hydrogens (tertiary/aromatic N) is 1. The number of unbranched alkanes of at least 4 members (excludes halogenated alkanes) is 1. The van der Waals surface area contributed by atoms with Gasteiger partial charge in [-0.05, 0) is 37.7 Å². The van der Waals surface area contributed by atoms with Crippen molar-refractivity contribution in [2.24, 2.45) is 11.7 Å². The average molecular weight is 322 g/mol. The SMILES string of the molecule is COCCCCC(F)(c1ccccc1)C1CCCN(C(N)=O)C1. The summed E-state index contributed by atoms with van der Waals surface area (Å²) in [5, 5.41) is 0. The molecule has 1 aromatic carbocycles. The summed E-state index contributed by atoms with van der Waals surface area (Å²) in [6.45, 7) is 1.66. The molecule has 1 aromatic rings. The van der Waals surface area contributed by atoms with Crippen LogP contribution in [0, 0.1) is 5.92 Å². The Morgan fingerprint density at radius 1 is 1.39 bits per heavy atom. The van der Waals surface area contributed by atoms with Crippen molar-refractivity contribution in [3.8, 4) is 0 Å². The number of amides is 2. The van der Waals surface area contributed by atoms with Gasteiger partial charge < -0.3 is 15.4 Å². The fourth-order valence-corrected chi connectivity index (χ4v) is 3.48. The number of methoxy groups -OCH3 is 1. The Bertz CT molecular complexity index is 497. The molecule has 0 aliphatic carbocycles. The topological polar surface area (TPSA) is 55.6 Å². The van der Waals surface area contributed by atoms with Crippen LogP contribution in [-0.2, 0) is 10.4 Å². The molecule has 2 atom stereocenters. The Balaban J connectivity index is 2.17. The molecule has 1 aliphatic rings. The van der Waals surface area contributed by atoms with E-state index in [2.05, 4.69) is 0 Å². The van der Waals surface area contributed by atoms with Gasteiger partial charge in [-0.2, -0.15) is 0 Å². The maximum atomic E-state index is 16.1. The normalized spacial score (nSPS) is 21.0. The maximum absolute atomic E-state index is 16.1. The van der Waals surface area contributed by atoms with Gasteiger partial charge in [0.05, 0.1) is 0 Å². The predicted molar refractivity (Wildman–Crippen MR) is 88.8 cm³/mol. The van der Waals surface area contributed by atoms with Crippen LogP contribution in [-0.4, -0.2) is 37.7 Å². The molecule has 2 amide bonds. The zero-order valence-corrected chi connectivity index (χ0v) is 13.8. The van der Waals surface area contributed by atoms with Crippen LogP contribution < -0.4 is 5.73 Å². The zero-order chi connectivity index (χ0) is 16.7. The third-order valence-corrected chi connectivity index (χ3v) is 4.77. The fourth-order valence-electron chi connectivity index (χ4n) is 3.48. The van der Waals surface area contributed by atoms with Gasteiger partial charge in [-0.3, -0.25) is 0 Å². The molecule has 0 radical (unpaired) electrons. The highest BCUT2D eigenvalue weighted by atomic mass is 19.1. The third-order valence-electron chi connectivity index (χ3n) is 4.77. The summed E-state index contributed by atoms with van der Waals surface area (Å²) < 4.78 is 21.1. The molecule has 4 nitrogen and oxygen atoms in total. The summed E-state index contributed by atoms with van der Waals surface area (Å²) in [6.07, 6.45) is 3.61. The van der Waals surface area contributed by atoms with Crippen LogP contribution in [0.2, 0.25) is 0 Å². The number of likely N-dealkylation sites (tertiary alicyclic amines) is 1. The summed E-state index contributed by atoms with van der Waals surface area (Å²) in [6, 6.07) is 8.87. The largest absolute Gasteiger partial charge is 0.385 e. The first-order chi connectivity index (χ1) is 11.1. The van der Waals surface area contributed by atoms with Gasteiger partial charge >= 0.3 is 6.03 Å². The molecule has 2 unspecified atom stereocenters. The number of urea groups is 1. The van der Waals surface area contributed by atoms with E-state index < -0.39 is 11.7 Å². The smallest absolute Gasteiger partial charge is 0.314 e. The Kier molecular flexibility index (Phi) is 6.39. The lowest BCUT2D eigenvalue weighted by Gasteiger charge is -2.40. The zero-order valence-electron chi connectivity index (χ0n) is 13.8. The van der Waals surface area contributed by atoms with Gasteiger partial charge in [0.15, 0.2) is 0 Å². The van der Waals surface area contributed by atoms with E-state index in [-0.39, 0.29) is 5.92 Å². The lowest BCUT2D eigenvalue weighted by molar-refractivity contribution is 0.0222. The molecule has 23 heavy (non-hydrogen) atoms. The molecule has 0 bridgehead atoms. The van der Waals surface area contributed by atoms with Crippen molar-refractivity contribution >= 4 is 6.03 Å². The number of carbonyl (C=O) groups is 1. The minimum absolute atomic E-state index is 0.214. The second kappa shape index (κ2) is 8.29. The highest BCUT2D eigenvalue weighted by Crippen LogP contribution is 2.43. The van der Waals surface area contributed by atoms with E-state index >= 15 is 4.39 Å². The maximum Gasteiger partial charge on any atom is 0.314 e. The van der Waals surface area contributed by atoms with Gasteiger partial charge in [0.1, 0.15) is 5.67 Å². The highest BCUT2D eigenvalue weighted by Gasteiger charge is 2.42. The summed E-state index contributed by atoms with van der Waals surface area (Å²) in [7, 11) is 1.66. The number of benzene rings is 1. The van der Waals surface area contributed by atoms with Crippen LogP contribution in [0.5, 0.6) is 0 Å². The molecule has 1 aliphatic heterocycles. The quantitative estimate of drug-likeness (QED) is 0.782. The summed E-state index contributed by atoms with van der Waals surface area (Å²) in [5.74, 6) is -0.214. The lowest BCUT2D eigenvalue weighted by atomic mass is 9.75. The monoisotopic (exact) mass is 322 g/mol. The Morgan fingerprint density at radius 2 is 2.13 bits per heavy atom. The molecular formula is C18H27FN2O2. The molecule has 2 N–H and O–H groups in total. The van der Waals surface area contributed by atoms with Gasteiger partial charge in [0, 0.05) is 32.7 Å². The van der Waals surface area contributed by atoms with E-state index in [4.69, 9.17) is 10.5 Å². The summed E-state index contributed by atoms with van der Waals surface area (Å²) in [4.78, 5) is 13.0. The van der Waals surface area contributed by atoms with Crippen LogP contribution in [0.15, 0.2) is 30.3 Å². The van der Waals surface area contributed by atoms with Crippen molar-refractivity contribution in [2.45, 2.75) is 37.8 Å². The van der Waals surface area contributed by atoms with E-state index in [1.165, 1.54) is 0 Å². The van der Waals surface area contributed by atoms with Gasteiger partial charge in [-0.25, -0.2) is 9.18 Å². The number of ether oxygens (including phenoxy) is 1. The van der Waals surface area contributed by atoms with Gasteiger partial charge in [-0.1, -0.05) is 30.3 Å². The van der Waals surface area contributed by atoms with Crippen molar-refractivity contribution in [2.75, 3.05) is 26.8 Å². The number of piperidine rings is 1. The van der Waals surface area contributed by atoms with E-state index in [0.29, 0.717) is 31.7 Å². The van der Waals surface area contributed by atoms with Crippen molar-refractivity contribution in [3.63, 3.8) is 0 Å². The van der Waals surface area contributed by atoms with Crippen molar-refractivity contribution in [1.82, 2.24) is 4.90 Å². The minimum Gasteiger partial charge on any atom is -0.385 e. The number of alkyl halides is 1. The molecule has 0 spiro atoms. The second-order valence-corrected chi connectivity index (χ2v) is 6.30. The fraction of sp³-hybridized carbons (Fsp3) is 0.611. The standard InChI is InChI=1S/C18H27FN2O2/c1-23-13-6-5-11-18(19,15-8-3-2-4-9-15)16-10-7-12-21(14-16)17(20)22/h2-4,8-9,16H,5-7,10-14H2,1H3,(H2,20,22). The number of hydrogen-bond donors (Lipinski definition) is 1. The summed E-state index contributed by atoms with van der Waals surface area (Å²) in [5.41, 5.74) is 4.67. The van der Waals surface area contributed by atoms with Crippen molar-refractivity contribution in [1.29, 1.82) is 0 Å². The molecule has 1 saturated heterocycles. The Hall–Kier alpha value is -1.62. The molecule has 1 fully saturated rings. The number of rotatable bonds is 7. The van der Waals surface area contributed by atoms with Gasteiger partial charge in [0.2, 0.25) is 0 Å². The van der Waals surface area contributed by atoms with Crippen molar-refractivity contribution < 1.29 is 13.9 Å². The van der Waals surface area contributed by atoms with Gasteiger partial charge in [-0.15, -0.1) is 0 Å². The second-order valence-electron chi connectivity index (χ2n) is 6.30. The average Bonchev–Trinajstić information content (AvgIpc) is 2.59.